The number of rotatable bonds is 5. The van der Waals surface area contributed by atoms with E-state index in [1.165, 1.54) is 36.5 Å². The number of aromatic nitrogens is 2. The van der Waals surface area contributed by atoms with Crippen molar-refractivity contribution < 1.29 is 9.18 Å². The van der Waals surface area contributed by atoms with Crippen molar-refractivity contribution in [3.05, 3.63) is 53.6 Å². The average molecular weight is 319 g/mol. The molecule has 0 radical (unpaired) electrons. The topological polar surface area (TPSA) is 70.7 Å². The lowest BCUT2D eigenvalue weighted by atomic mass is 10.2. The number of hydrogen-bond donors (Lipinski definition) is 1. The van der Waals surface area contributed by atoms with Gasteiger partial charge in [0.15, 0.2) is 0 Å². The van der Waals surface area contributed by atoms with Gasteiger partial charge in [0.1, 0.15) is 17.5 Å². The summed E-state index contributed by atoms with van der Waals surface area (Å²) in [4.78, 5) is 12.0. The second-order valence-electron chi connectivity index (χ2n) is 4.36. The SMILES string of the molecule is N#C/C(=C/c1cnn(CCCl)c1)C(=O)Nc1ccc(F)cc1. The van der Waals surface area contributed by atoms with E-state index in [4.69, 9.17) is 16.9 Å². The molecule has 0 saturated carbocycles. The maximum atomic E-state index is 12.8. The Morgan fingerprint density at radius 1 is 1.45 bits per heavy atom. The lowest BCUT2D eigenvalue weighted by Crippen LogP contribution is -2.13. The Balaban J connectivity index is 2.12. The number of carbonyl (C=O) groups excluding carboxylic acids is 1. The van der Waals surface area contributed by atoms with Crippen LogP contribution in [0.15, 0.2) is 42.2 Å². The zero-order valence-electron chi connectivity index (χ0n) is 11.5. The van der Waals surface area contributed by atoms with Crippen LogP contribution in [-0.2, 0) is 11.3 Å². The quantitative estimate of drug-likeness (QED) is 0.523. The van der Waals surface area contributed by atoms with Crippen LogP contribution in [0.5, 0.6) is 0 Å². The molecule has 0 aliphatic heterocycles. The molecule has 2 rings (SSSR count). The average Bonchev–Trinajstić information content (AvgIpc) is 2.95. The standard InChI is InChI=1S/C15H12ClFN4O/c16-5-6-21-10-11(9-19-21)7-12(8-18)15(22)20-14-3-1-13(17)2-4-14/h1-4,7,9-10H,5-6H2,(H,20,22)/b12-7-. The number of amides is 1. The molecule has 1 aromatic carbocycles. The van der Waals surface area contributed by atoms with E-state index in [1.54, 1.807) is 10.9 Å². The summed E-state index contributed by atoms with van der Waals surface area (Å²) in [7, 11) is 0. The number of nitrogens with one attached hydrogen (secondary N) is 1. The molecule has 0 unspecified atom stereocenters. The highest BCUT2D eigenvalue weighted by Crippen LogP contribution is 2.12. The summed E-state index contributed by atoms with van der Waals surface area (Å²) in [6, 6.07) is 7.12. The molecule has 0 atom stereocenters. The minimum Gasteiger partial charge on any atom is -0.321 e. The zero-order valence-corrected chi connectivity index (χ0v) is 12.2. The Labute approximate surface area is 131 Å². The minimum atomic E-state index is -0.570. The second kappa shape index (κ2) is 7.38. The fourth-order valence-corrected chi connectivity index (χ4v) is 1.88. The van der Waals surface area contributed by atoms with E-state index in [0.717, 1.165) is 0 Å². The Morgan fingerprint density at radius 3 is 2.82 bits per heavy atom. The first-order chi connectivity index (χ1) is 10.6. The van der Waals surface area contributed by atoms with Crippen LogP contribution in [0.25, 0.3) is 6.08 Å². The molecule has 22 heavy (non-hydrogen) atoms. The molecule has 112 valence electrons. The van der Waals surface area contributed by atoms with E-state index in [9.17, 15) is 9.18 Å². The van der Waals surface area contributed by atoms with Crippen molar-refractivity contribution in [1.82, 2.24) is 9.78 Å². The van der Waals surface area contributed by atoms with Crippen molar-refractivity contribution in [3.63, 3.8) is 0 Å². The van der Waals surface area contributed by atoms with Gasteiger partial charge >= 0.3 is 0 Å². The number of benzene rings is 1. The van der Waals surface area contributed by atoms with Gasteiger partial charge in [-0.2, -0.15) is 10.4 Å². The van der Waals surface area contributed by atoms with Crippen molar-refractivity contribution in [2.45, 2.75) is 6.54 Å². The van der Waals surface area contributed by atoms with Crippen molar-refractivity contribution >= 4 is 29.3 Å². The molecule has 1 aromatic heterocycles. The number of halogens is 2. The van der Waals surface area contributed by atoms with Crippen molar-refractivity contribution in [2.24, 2.45) is 0 Å². The molecule has 0 fully saturated rings. The first kappa shape index (κ1) is 15.7. The monoisotopic (exact) mass is 318 g/mol. The first-order valence-corrected chi connectivity index (χ1v) is 6.93. The summed E-state index contributed by atoms with van der Waals surface area (Å²) in [6.07, 6.45) is 4.65. The van der Waals surface area contributed by atoms with Crippen LogP contribution in [0.3, 0.4) is 0 Å². The number of alkyl halides is 1. The van der Waals surface area contributed by atoms with Gasteiger partial charge in [-0.25, -0.2) is 4.39 Å². The largest absolute Gasteiger partial charge is 0.321 e. The predicted octanol–water partition coefficient (Wildman–Crippen LogP) is 2.81. The number of hydrogen-bond acceptors (Lipinski definition) is 3. The Kier molecular flexibility index (Phi) is 5.28. The smallest absolute Gasteiger partial charge is 0.266 e. The van der Waals surface area contributed by atoms with E-state index in [2.05, 4.69) is 10.4 Å². The van der Waals surface area contributed by atoms with E-state index in [0.29, 0.717) is 23.7 Å². The van der Waals surface area contributed by atoms with E-state index in [1.807, 2.05) is 6.07 Å². The van der Waals surface area contributed by atoms with Gasteiger partial charge in [-0.15, -0.1) is 11.6 Å². The van der Waals surface area contributed by atoms with Gasteiger partial charge in [-0.1, -0.05) is 0 Å². The Morgan fingerprint density at radius 2 is 2.18 bits per heavy atom. The molecular formula is C15H12ClFN4O. The maximum Gasteiger partial charge on any atom is 0.266 e. The van der Waals surface area contributed by atoms with Crippen LogP contribution in [-0.4, -0.2) is 21.6 Å². The molecule has 1 heterocycles. The third-order valence-corrected chi connectivity index (χ3v) is 2.91. The first-order valence-electron chi connectivity index (χ1n) is 6.39. The Hall–Kier alpha value is -2.65. The molecule has 0 aliphatic rings. The Bertz CT molecular complexity index is 731. The van der Waals surface area contributed by atoms with Gasteiger partial charge in [0, 0.05) is 23.3 Å². The highest BCUT2D eigenvalue weighted by molar-refractivity contribution is 6.17. The summed E-state index contributed by atoms with van der Waals surface area (Å²) < 4.78 is 14.4. The molecular weight excluding hydrogens is 307 g/mol. The minimum absolute atomic E-state index is 0.0743. The van der Waals surface area contributed by atoms with Crippen molar-refractivity contribution in [2.75, 3.05) is 11.2 Å². The molecule has 1 N–H and O–H groups in total. The maximum absolute atomic E-state index is 12.8. The van der Waals surface area contributed by atoms with Gasteiger partial charge in [-0.3, -0.25) is 9.48 Å². The van der Waals surface area contributed by atoms with Gasteiger partial charge in [-0.05, 0) is 30.3 Å². The lowest BCUT2D eigenvalue weighted by molar-refractivity contribution is -0.112. The fraction of sp³-hybridized carbons (Fsp3) is 0.133. The number of carbonyl (C=O) groups is 1. The molecule has 0 spiro atoms. The normalized spacial score (nSPS) is 11.0. The van der Waals surface area contributed by atoms with E-state index >= 15 is 0 Å². The number of nitrogens with zero attached hydrogens (tertiary/aromatic N) is 3. The van der Waals surface area contributed by atoms with Gasteiger partial charge in [0.2, 0.25) is 0 Å². The summed E-state index contributed by atoms with van der Waals surface area (Å²) in [5.74, 6) is -0.555. The summed E-state index contributed by atoms with van der Waals surface area (Å²) in [5, 5.41) is 15.7. The van der Waals surface area contributed by atoms with Crippen molar-refractivity contribution in [3.8, 4) is 6.07 Å². The predicted molar refractivity (Wildman–Crippen MR) is 81.6 cm³/mol. The van der Waals surface area contributed by atoms with Crippen LogP contribution in [0.1, 0.15) is 5.56 Å². The van der Waals surface area contributed by atoms with Crippen LogP contribution in [0, 0.1) is 17.1 Å². The third kappa shape index (κ3) is 4.17. The molecule has 2 aromatic rings. The van der Waals surface area contributed by atoms with E-state index < -0.39 is 11.7 Å². The molecule has 5 nitrogen and oxygen atoms in total. The fourth-order valence-electron chi connectivity index (χ4n) is 1.71. The third-order valence-electron chi connectivity index (χ3n) is 2.75. The van der Waals surface area contributed by atoms with Crippen LogP contribution in [0.2, 0.25) is 0 Å². The van der Waals surface area contributed by atoms with E-state index in [-0.39, 0.29) is 5.57 Å². The summed E-state index contributed by atoms with van der Waals surface area (Å²) >= 11 is 5.61. The molecule has 0 bridgehead atoms. The zero-order chi connectivity index (χ0) is 15.9. The van der Waals surface area contributed by atoms with Crippen LogP contribution < -0.4 is 5.32 Å². The van der Waals surface area contributed by atoms with Crippen LogP contribution >= 0.6 is 11.6 Å². The highest BCUT2D eigenvalue weighted by atomic mass is 35.5. The van der Waals surface area contributed by atoms with Gasteiger partial charge in [0.25, 0.3) is 5.91 Å². The van der Waals surface area contributed by atoms with Gasteiger partial charge < -0.3 is 5.32 Å². The highest BCUT2D eigenvalue weighted by Gasteiger charge is 2.10. The summed E-state index contributed by atoms with van der Waals surface area (Å²) in [6.45, 7) is 0.541. The molecule has 1 amide bonds. The lowest BCUT2D eigenvalue weighted by Gasteiger charge is -2.03. The second-order valence-corrected chi connectivity index (χ2v) is 4.73. The molecule has 0 aliphatic carbocycles. The summed E-state index contributed by atoms with van der Waals surface area (Å²) in [5.41, 5.74) is 0.955. The van der Waals surface area contributed by atoms with Crippen LogP contribution in [0.4, 0.5) is 10.1 Å². The number of aryl methyl sites for hydroxylation is 1. The van der Waals surface area contributed by atoms with Crippen molar-refractivity contribution in [1.29, 1.82) is 5.26 Å². The molecule has 7 heteroatoms. The molecule has 0 saturated heterocycles. The van der Waals surface area contributed by atoms with Gasteiger partial charge in [0.05, 0.1) is 12.7 Å². The number of anilines is 1. The number of nitriles is 1.